The van der Waals surface area contributed by atoms with Crippen molar-refractivity contribution < 1.29 is 4.92 Å². The van der Waals surface area contributed by atoms with Crippen LogP contribution in [0.25, 0.3) is 0 Å². The van der Waals surface area contributed by atoms with E-state index in [-0.39, 0.29) is 5.82 Å². The molecule has 2 heterocycles. The highest BCUT2D eigenvalue weighted by Gasteiger charge is 2.34. The molecule has 1 aromatic rings. The van der Waals surface area contributed by atoms with E-state index in [1.807, 2.05) is 0 Å². The van der Waals surface area contributed by atoms with E-state index in [2.05, 4.69) is 20.4 Å². The largest absolute Gasteiger partial charge is 0.373 e. The first-order valence-corrected chi connectivity index (χ1v) is 5.92. The molecule has 2 N–H and O–H groups in total. The predicted octanol–water partition coefficient (Wildman–Crippen LogP) is 0.966. The number of hydrogen-bond donors (Lipinski definition) is 2. The Balaban J connectivity index is 1.63. The van der Waals surface area contributed by atoms with Crippen LogP contribution in [0.3, 0.4) is 0 Å². The van der Waals surface area contributed by atoms with Crippen LogP contribution in [0, 0.1) is 10.1 Å². The maximum Gasteiger partial charge on any atom is 0.366 e. The van der Waals surface area contributed by atoms with E-state index in [4.69, 9.17) is 0 Å². The molecular formula is C10H15N5O2. The Morgan fingerprint density at radius 2 is 2.35 bits per heavy atom. The van der Waals surface area contributed by atoms with Crippen LogP contribution in [0.2, 0.25) is 0 Å². The Bertz CT molecular complexity index is 428. The zero-order valence-electron chi connectivity index (χ0n) is 9.43. The molecule has 17 heavy (non-hydrogen) atoms. The number of anilines is 1. The number of nitrogens with one attached hydrogen (secondary N) is 2. The summed E-state index contributed by atoms with van der Waals surface area (Å²) in [6.07, 6.45) is 5.13. The van der Waals surface area contributed by atoms with E-state index >= 15 is 0 Å². The topological polar surface area (TPSA) is 87.1 Å². The molecule has 2 aliphatic rings. The fourth-order valence-corrected chi connectivity index (χ4v) is 2.42. The number of aromatic nitrogens is 2. The number of rotatable bonds is 4. The van der Waals surface area contributed by atoms with Gasteiger partial charge < -0.3 is 15.4 Å². The van der Waals surface area contributed by atoms with Gasteiger partial charge in [0.15, 0.2) is 5.69 Å². The molecule has 0 bridgehead atoms. The van der Waals surface area contributed by atoms with Gasteiger partial charge in [0, 0.05) is 25.2 Å². The van der Waals surface area contributed by atoms with Gasteiger partial charge in [0.05, 0.1) is 0 Å². The third-order valence-electron chi connectivity index (χ3n) is 3.44. The van der Waals surface area contributed by atoms with Crippen molar-refractivity contribution in [3.8, 4) is 0 Å². The maximum atomic E-state index is 10.7. The third-order valence-corrected chi connectivity index (χ3v) is 3.44. The van der Waals surface area contributed by atoms with Gasteiger partial charge in [-0.3, -0.25) is 4.90 Å². The second-order valence-corrected chi connectivity index (χ2v) is 4.75. The third kappa shape index (κ3) is 2.10. The molecule has 7 nitrogen and oxygen atoms in total. The van der Waals surface area contributed by atoms with Gasteiger partial charge in [-0.05, 0) is 24.2 Å². The van der Waals surface area contributed by atoms with Gasteiger partial charge in [-0.15, -0.1) is 5.10 Å². The Morgan fingerprint density at radius 1 is 1.53 bits per heavy atom. The summed E-state index contributed by atoms with van der Waals surface area (Å²) in [5.41, 5.74) is 0.498. The lowest BCUT2D eigenvalue weighted by atomic mass is 10.2. The fraction of sp³-hybridized carbons (Fsp3) is 0.700. The number of aromatic amines is 1. The summed E-state index contributed by atoms with van der Waals surface area (Å²) < 4.78 is 0. The highest BCUT2D eigenvalue weighted by molar-refractivity contribution is 5.56. The highest BCUT2D eigenvalue weighted by Crippen LogP contribution is 2.31. The minimum atomic E-state index is -0.442. The highest BCUT2D eigenvalue weighted by atomic mass is 16.6. The van der Waals surface area contributed by atoms with Crippen LogP contribution in [0.4, 0.5) is 11.5 Å². The first-order chi connectivity index (χ1) is 8.24. The number of nitro groups is 1. The number of H-pyrrole nitrogens is 1. The number of likely N-dealkylation sites (tertiary alicyclic amines) is 1. The summed E-state index contributed by atoms with van der Waals surface area (Å²) in [5, 5.41) is 20.0. The van der Waals surface area contributed by atoms with Crippen molar-refractivity contribution in [2.45, 2.75) is 31.3 Å². The van der Waals surface area contributed by atoms with E-state index in [1.54, 1.807) is 0 Å². The summed E-state index contributed by atoms with van der Waals surface area (Å²) in [6.45, 7) is 2.07. The molecule has 1 aliphatic carbocycles. The lowest BCUT2D eigenvalue weighted by Gasteiger charge is -2.15. The Kier molecular flexibility index (Phi) is 2.47. The van der Waals surface area contributed by atoms with E-state index in [0.717, 1.165) is 25.6 Å². The van der Waals surface area contributed by atoms with Crippen molar-refractivity contribution in [2.24, 2.45) is 0 Å². The first kappa shape index (κ1) is 10.5. The van der Waals surface area contributed by atoms with Gasteiger partial charge in [0.25, 0.3) is 0 Å². The summed E-state index contributed by atoms with van der Waals surface area (Å²) >= 11 is 0. The van der Waals surface area contributed by atoms with Gasteiger partial charge in [0.1, 0.15) is 6.20 Å². The monoisotopic (exact) mass is 237 g/mol. The van der Waals surface area contributed by atoms with Crippen LogP contribution < -0.4 is 5.32 Å². The molecule has 3 rings (SSSR count). The van der Waals surface area contributed by atoms with Crippen molar-refractivity contribution in [2.75, 3.05) is 18.4 Å². The molecule has 7 heteroatoms. The van der Waals surface area contributed by atoms with Gasteiger partial charge in [-0.2, -0.15) is 0 Å². The Labute approximate surface area is 98.3 Å². The molecule has 1 saturated carbocycles. The zero-order chi connectivity index (χ0) is 11.8. The Hall–Kier alpha value is -1.63. The van der Waals surface area contributed by atoms with Crippen LogP contribution >= 0.6 is 0 Å². The average Bonchev–Trinajstić information content (AvgIpc) is 2.87. The predicted molar refractivity (Wildman–Crippen MR) is 61.9 cm³/mol. The zero-order valence-corrected chi connectivity index (χ0v) is 9.43. The van der Waals surface area contributed by atoms with E-state index in [1.165, 1.54) is 19.0 Å². The van der Waals surface area contributed by atoms with Crippen molar-refractivity contribution in [1.29, 1.82) is 0 Å². The number of hydrogen-bond acceptors (Lipinski definition) is 5. The average molecular weight is 237 g/mol. The lowest BCUT2D eigenvalue weighted by molar-refractivity contribution is -0.388. The molecule has 1 aromatic heterocycles. The van der Waals surface area contributed by atoms with E-state index in [0.29, 0.717) is 11.7 Å². The standard InChI is InChI=1S/C10H15N5O2/c16-15(17)10-9(5-11-13-10)12-7-3-4-14(6-7)8-1-2-8/h5,7-8,12H,1-4,6H2,(H,11,13). The van der Waals surface area contributed by atoms with Gasteiger partial charge in [-0.25, -0.2) is 0 Å². The van der Waals surface area contributed by atoms with Crippen LogP contribution in [0.5, 0.6) is 0 Å². The summed E-state index contributed by atoms with van der Waals surface area (Å²) in [7, 11) is 0. The molecular weight excluding hydrogens is 222 g/mol. The molecule has 0 spiro atoms. The second-order valence-electron chi connectivity index (χ2n) is 4.75. The van der Waals surface area contributed by atoms with Crippen LogP contribution in [0.1, 0.15) is 19.3 Å². The quantitative estimate of drug-likeness (QED) is 0.601. The molecule has 1 unspecified atom stereocenters. The molecule has 1 atom stereocenters. The van der Waals surface area contributed by atoms with Crippen LogP contribution in [-0.4, -0.2) is 45.2 Å². The fourth-order valence-electron chi connectivity index (χ4n) is 2.42. The first-order valence-electron chi connectivity index (χ1n) is 5.92. The molecule has 0 amide bonds. The lowest BCUT2D eigenvalue weighted by Crippen LogP contribution is -2.27. The minimum absolute atomic E-state index is 0.0464. The second kappa shape index (κ2) is 3.99. The number of nitrogens with zero attached hydrogens (tertiary/aromatic N) is 3. The smallest absolute Gasteiger partial charge is 0.366 e. The van der Waals surface area contributed by atoms with Crippen molar-refractivity contribution in [3.63, 3.8) is 0 Å². The Morgan fingerprint density at radius 3 is 3.06 bits per heavy atom. The summed E-state index contributed by atoms with van der Waals surface area (Å²) in [5.74, 6) is -0.0464. The molecule has 1 aliphatic heterocycles. The SMILES string of the molecule is O=[N+]([O-])c1[nH]ncc1NC1CCN(C2CC2)C1. The van der Waals surface area contributed by atoms with Crippen LogP contribution in [0.15, 0.2) is 6.20 Å². The molecule has 2 fully saturated rings. The van der Waals surface area contributed by atoms with Crippen molar-refractivity contribution >= 4 is 11.5 Å². The summed E-state index contributed by atoms with van der Waals surface area (Å²) in [6, 6.07) is 1.06. The van der Waals surface area contributed by atoms with Crippen LogP contribution in [-0.2, 0) is 0 Å². The van der Waals surface area contributed by atoms with Crippen molar-refractivity contribution in [3.05, 3.63) is 16.3 Å². The minimum Gasteiger partial charge on any atom is -0.373 e. The van der Waals surface area contributed by atoms with Crippen molar-refractivity contribution in [1.82, 2.24) is 15.1 Å². The van der Waals surface area contributed by atoms with Gasteiger partial charge in [-0.1, -0.05) is 5.10 Å². The summed E-state index contributed by atoms with van der Waals surface area (Å²) in [4.78, 5) is 12.7. The molecule has 92 valence electrons. The van der Waals surface area contributed by atoms with Gasteiger partial charge >= 0.3 is 5.82 Å². The molecule has 0 radical (unpaired) electrons. The van der Waals surface area contributed by atoms with Gasteiger partial charge in [0.2, 0.25) is 0 Å². The van der Waals surface area contributed by atoms with E-state index in [9.17, 15) is 10.1 Å². The maximum absolute atomic E-state index is 10.7. The molecule has 0 aromatic carbocycles. The normalized spacial score (nSPS) is 25.1. The van der Waals surface area contributed by atoms with E-state index < -0.39 is 4.92 Å². The molecule has 1 saturated heterocycles.